The van der Waals surface area contributed by atoms with Crippen LogP contribution in [0.25, 0.3) is 5.69 Å². The topological polar surface area (TPSA) is 126 Å². The summed E-state index contributed by atoms with van der Waals surface area (Å²) in [6.45, 7) is 3.78. The van der Waals surface area contributed by atoms with Crippen LogP contribution in [0.3, 0.4) is 0 Å². The second kappa shape index (κ2) is 10.9. The Balaban J connectivity index is 1.62. The SMILES string of the molecule is Cc1ccc(C)c(-n2c(Cc3cc(=O)[nH]c(=O)[nH]3)nnc2SCC(=O)Nc2cc(C(F)(F)F)ccc2Cl)c1. The molecule has 4 rings (SSSR count). The Kier molecular flexibility index (Phi) is 7.78. The Morgan fingerprint density at radius 3 is 2.55 bits per heavy atom. The predicted molar refractivity (Wildman–Crippen MR) is 137 cm³/mol. The number of halogens is 4. The summed E-state index contributed by atoms with van der Waals surface area (Å²) >= 11 is 6.99. The number of hydrogen-bond acceptors (Lipinski definition) is 6. The molecule has 14 heteroatoms. The molecule has 4 aromatic rings. The van der Waals surface area contributed by atoms with E-state index in [9.17, 15) is 27.6 Å². The van der Waals surface area contributed by atoms with Crippen molar-refractivity contribution in [2.75, 3.05) is 11.1 Å². The van der Waals surface area contributed by atoms with E-state index in [1.807, 2.05) is 32.0 Å². The summed E-state index contributed by atoms with van der Waals surface area (Å²) in [6, 6.07) is 9.63. The third kappa shape index (κ3) is 6.34. The monoisotopic (exact) mass is 564 g/mol. The minimum absolute atomic E-state index is 0.0379. The predicted octanol–water partition coefficient (Wildman–Crippen LogP) is 4.25. The van der Waals surface area contributed by atoms with E-state index in [-0.39, 0.29) is 22.9 Å². The van der Waals surface area contributed by atoms with Crippen LogP contribution in [0.15, 0.2) is 57.2 Å². The van der Waals surface area contributed by atoms with Gasteiger partial charge in [-0.3, -0.25) is 19.1 Å². The third-order valence-corrected chi connectivity index (χ3v) is 6.63. The molecular weight excluding hydrogens is 545 g/mol. The van der Waals surface area contributed by atoms with Crippen LogP contribution >= 0.6 is 23.4 Å². The fraction of sp³-hybridized carbons (Fsp3) is 0.208. The van der Waals surface area contributed by atoms with Gasteiger partial charge in [-0.1, -0.05) is 35.5 Å². The molecule has 2 heterocycles. The Labute approximate surface area is 222 Å². The average molecular weight is 565 g/mol. The van der Waals surface area contributed by atoms with Gasteiger partial charge in [-0.05, 0) is 49.2 Å². The number of hydrogen-bond donors (Lipinski definition) is 3. The highest BCUT2D eigenvalue weighted by molar-refractivity contribution is 7.99. The van der Waals surface area contributed by atoms with Gasteiger partial charge in [0.1, 0.15) is 5.82 Å². The van der Waals surface area contributed by atoms with Crippen LogP contribution in [0.1, 0.15) is 28.2 Å². The van der Waals surface area contributed by atoms with Crippen molar-refractivity contribution < 1.29 is 18.0 Å². The van der Waals surface area contributed by atoms with Crippen molar-refractivity contribution in [2.24, 2.45) is 0 Å². The van der Waals surface area contributed by atoms with Crippen LogP contribution in [0.2, 0.25) is 5.02 Å². The lowest BCUT2D eigenvalue weighted by atomic mass is 10.1. The van der Waals surface area contributed by atoms with Crippen molar-refractivity contribution >= 4 is 35.0 Å². The number of alkyl halides is 3. The van der Waals surface area contributed by atoms with Crippen LogP contribution < -0.4 is 16.6 Å². The number of benzene rings is 2. The first-order chi connectivity index (χ1) is 17.9. The largest absolute Gasteiger partial charge is 0.416 e. The molecule has 38 heavy (non-hydrogen) atoms. The lowest BCUT2D eigenvalue weighted by Gasteiger charge is -2.14. The summed E-state index contributed by atoms with van der Waals surface area (Å²) in [6.07, 6.45) is -4.53. The first-order valence-corrected chi connectivity index (χ1v) is 12.4. The van der Waals surface area contributed by atoms with E-state index in [1.54, 1.807) is 4.57 Å². The number of carbonyl (C=O) groups is 1. The van der Waals surface area contributed by atoms with Gasteiger partial charge in [0.05, 0.1) is 27.7 Å². The second-order valence-electron chi connectivity index (χ2n) is 8.34. The number of aromatic amines is 2. The third-order valence-electron chi connectivity index (χ3n) is 5.37. The zero-order valence-corrected chi connectivity index (χ0v) is 21.5. The van der Waals surface area contributed by atoms with Gasteiger partial charge < -0.3 is 10.3 Å². The second-order valence-corrected chi connectivity index (χ2v) is 9.69. The van der Waals surface area contributed by atoms with Gasteiger partial charge in [0.2, 0.25) is 5.91 Å². The lowest BCUT2D eigenvalue weighted by Crippen LogP contribution is -2.23. The Bertz CT molecular complexity index is 1600. The van der Waals surface area contributed by atoms with E-state index in [1.165, 1.54) is 6.07 Å². The molecule has 0 aliphatic carbocycles. The molecule has 0 aliphatic heterocycles. The van der Waals surface area contributed by atoms with Crippen molar-refractivity contribution in [2.45, 2.75) is 31.6 Å². The molecule has 2 aromatic carbocycles. The van der Waals surface area contributed by atoms with E-state index >= 15 is 0 Å². The number of aryl methyl sites for hydroxylation is 2. The molecular formula is C24H20ClF3N6O3S. The zero-order chi connectivity index (χ0) is 27.6. The van der Waals surface area contributed by atoms with E-state index in [0.29, 0.717) is 16.7 Å². The maximum absolute atomic E-state index is 13.1. The molecule has 0 saturated heterocycles. The minimum Gasteiger partial charge on any atom is -0.324 e. The number of anilines is 1. The van der Waals surface area contributed by atoms with Gasteiger partial charge in [0, 0.05) is 18.2 Å². The summed E-state index contributed by atoms with van der Waals surface area (Å²) in [5.41, 5.74) is 0.517. The number of carbonyl (C=O) groups excluding carboxylic acids is 1. The Hall–Kier alpha value is -3.84. The molecule has 1 amide bonds. The zero-order valence-electron chi connectivity index (χ0n) is 19.9. The molecule has 0 spiro atoms. The van der Waals surface area contributed by atoms with Crippen LogP contribution in [0, 0.1) is 13.8 Å². The summed E-state index contributed by atoms with van der Waals surface area (Å²) in [7, 11) is 0. The van der Waals surface area contributed by atoms with Gasteiger partial charge >= 0.3 is 11.9 Å². The van der Waals surface area contributed by atoms with E-state index in [4.69, 9.17) is 11.6 Å². The fourth-order valence-corrected chi connectivity index (χ4v) is 4.54. The Morgan fingerprint density at radius 1 is 1.08 bits per heavy atom. The molecule has 3 N–H and O–H groups in total. The maximum atomic E-state index is 13.1. The fourth-order valence-electron chi connectivity index (χ4n) is 3.61. The van der Waals surface area contributed by atoms with Crippen LogP contribution in [-0.4, -0.2) is 36.4 Å². The highest BCUT2D eigenvalue weighted by Crippen LogP contribution is 2.34. The van der Waals surface area contributed by atoms with E-state index in [0.717, 1.165) is 46.8 Å². The molecule has 0 unspecified atom stereocenters. The van der Waals surface area contributed by atoms with Crippen molar-refractivity contribution in [3.63, 3.8) is 0 Å². The van der Waals surface area contributed by atoms with Gasteiger partial charge in [-0.15, -0.1) is 10.2 Å². The van der Waals surface area contributed by atoms with Gasteiger partial charge in [0.15, 0.2) is 5.16 Å². The standard InChI is InChI=1S/C24H20ClF3N6O3S/c1-12-3-4-13(2)18(7-12)34-19(9-15-10-20(35)31-22(37)29-15)32-33-23(34)38-11-21(36)30-17-8-14(24(26,27)28)5-6-16(17)25/h3-8,10H,9,11H2,1-2H3,(H,30,36)(H2,29,31,35,37). The summed E-state index contributed by atoms with van der Waals surface area (Å²) in [4.78, 5) is 40.8. The number of amides is 1. The summed E-state index contributed by atoms with van der Waals surface area (Å²) in [5, 5.41) is 11.1. The molecule has 0 radical (unpaired) electrons. The van der Waals surface area contributed by atoms with Crippen LogP contribution in [0.4, 0.5) is 18.9 Å². The number of rotatable bonds is 7. The number of nitrogens with one attached hydrogen (secondary N) is 3. The molecule has 0 saturated carbocycles. The minimum atomic E-state index is -4.59. The van der Waals surface area contributed by atoms with Crippen molar-refractivity contribution in [3.05, 3.63) is 96.5 Å². The van der Waals surface area contributed by atoms with Crippen LogP contribution in [-0.2, 0) is 17.4 Å². The summed E-state index contributed by atoms with van der Waals surface area (Å²) < 4.78 is 40.9. The lowest BCUT2D eigenvalue weighted by molar-refractivity contribution is -0.137. The highest BCUT2D eigenvalue weighted by Gasteiger charge is 2.31. The van der Waals surface area contributed by atoms with E-state index in [2.05, 4.69) is 25.5 Å². The molecule has 0 fully saturated rings. The molecule has 0 bridgehead atoms. The smallest absolute Gasteiger partial charge is 0.324 e. The number of thioether (sulfide) groups is 1. The van der Waals surface area contributed by atoms with Crippen molar-refractivity contribution in [3.8, 4) is 5.69 Å². The number of H-pyrrole nitrogens is 2. The van der Waals surface area contributed by atoms with E-state index < -0.39 is 28.9 Å². The van der Waals surface area contributed by atoms with Crippen LogP contribution in [0.5, 0.6) is 0 Å². The molecule has 2 aromatic heterocycles. The van der Waals surface area contributed by atoms with Crippen molar-refractivity contribution in [1.29, 1.82) is 0 Å². The summed E-state index contributed by atoms with van der Waals surface area (Å²) in [5.74, 6) is -0.423. The molecule has 9 nitrogen and oxygen atoms in total. The molecule has 198 valence electrons. The highest BCUT2D eigenvalue weighted by atomic mass is 35.5. The van der Waals surface area contributed by atoms with Gasteiger partial charge in [-0.25, -0.2) is 4.79 Å². The first kappa shape index (κ1) is 27.2. The van der Waals surface area contributed by atoms with Gasteiger partial charge in [0.25, 0.3) is 5.56 Å². The molecule has 0 aliphatic rings. The average Bonchev–Trinajstić information content (AvgIpc) is 3.21. The van der Waals surface area contributed by atoms with Crippen molar-refractivity contribution in [1.82, 2.24) is 24.7 Å². The Morgan fingerprint density at radius 2 is 1.84 bits per heavy atom. The number of aromatic nitrogens is 5. The first-order valence-electron chi connectivity index (χ1n) is 11.0. The quantitative estimate of drug-likeness (QED) is 0.288. The molecule has 0 atom stereocenters. The maximum Gasteiger partial charge on any atom is 0.416 e. The number of nitrogens with zero attached hydrogens (tertiary/aromatic N) is 3. The normalized spacial score (nSPS) is 11.5. The van der Waals surface area contributed by atoms with Gasteiger partial charge in [-0.2, -0.15) is 13.2 Å².